The topological polar surface area (TPSA) is 248 Å². The van der Waals surface area contributed by atoms with Gasteiger partial charge < -0.3 is 42.8 Å². The van der Waals surface area contributed by atoms with Crippen LogP contribution in [0, 0.1) is 0 Å². The summed E-state index contributed by atoms with van der Waals surface area (Å²) in [7, 11) is 0. The molecule has 0 aliphatic rings. The minimum absolute atomic E-state index is 0.173. The lowest BCUT2D eigenvalue weighted by atomic mass is 10.2. The predicted molar refractivity (Wildman–Crippen MR) is 84.3 cm³/mol. The standard InChI is InChI=1S/C6H9N3O2.C4H8N2O3.C2H5NO2/c7-5(6(10)11)1-4-2-8-3-9-4;5-1-3(7)6-2-4(8)9;3-1-2(4)5/h2-3,5H,1,7H2,(H,8,9)(H,10,11);1-2,5H2,(H,6,7)(H,8,9);1,3H2,(H,4,5)/t5-;;/m0../s1. The van der Waals surface area contributed by atoms with Crippen molar-refractivity contribution in [3.8, 4) is 0 Å². The van der Waals surface area contributed by atoms with Crippen molar-refractivity contribution in [3.63, 3.8) is 0 Å². The highest BCUT2D eigenvalue weighted by Crippen LogP contribution is 1.95. The molecule has 13 heteroatoms. The highest BCUT2D eigenvalue weighted by atomic mass is 16.4. The van der Waals surface area contributed by atoms with Crippen molar-refractivity contribution in [2.24, 2.45) is 17.2 Å². The maximum atomic E-state index is 10.3. The van der Waals surface area contributed by atoms with Crippen LogP contribution in [0.4, 0.5) is 0 Å². The maximum Gasteiger partial charge on any atom is 0.322 e. The van der Waals surface area contributed by atoms with Gasteiger partial charge in [0.2, 0.25) is 5.91 Å². The van der Waals surface area contributed by atoms with Crippen molar-refractivity contribution in [2.75, 3.05) is 19.6 Å². The molecule has 0 aromatic carbocycles. The maximum absolute atomic E-state index is 10.3. The number of imidazole rings is 1. The molecule has 1 aromatic rings. The molecule has 0 fully saturated rings. The summed E-state index contributed by atoms with van der Waals surface area (Å²) in [6, 6.07) is -0.863. The van der Waals surface area contributed by atoms with Gasteiger partial charge in [-0.3, -0.25) is 19.2 Å². The van der Waals surface area contributed by atoms with E-state index in [1.807, 2.05) is 0 Å². The highest BCUT2D eigenvalue weighted by Gasteiger charge is 2.12. The molecular formula is C12H22N6O7. The zero-order valence-corrected chi connectivity index (χ0v) is 13.2. The summed E-state index contributed by atoms with van der Waals surface area (Å²) < 4.78 is 0. The zero-order valence-electron chi connectivity index (χ0n) is 13.2. The van der Waals surface area contributed by atoms with Crippen LogP contribution in [0.5, 0.6) is 0 Å². The van der Waals surface area contributed by atoms with Crippen molar-refractivity contribution in [3.05, 3.63) is 18.2 Å². The Hall–Kier alpha value is -3.03. The van der Waals surface area contributed by atoms with Crippen LogP contribution in [-0.4, -0.2) is 74.8 Å². The van der Waals surface area contributed by atoms with E-state index in [9.17, 15) is 19.2 Å². The van der Waals surface area contributed by atoms with E-state index in [4.69, 9.17) is 26.8 Å². The average Bonchev–Trinajstić information content (AvgIpc) is 3.06. The van der Waals surface area contributed by atoms with Gasteiger partial charge in [0.15, 0.2) is 0 Å². The van der Waals surface area contributed by atoms with E-state index in [1.165, 1.54) is 6.33 Å². The second-order valence-corrected chi connectivity index (χ2v) is 4.18. The quantitative estimate of drug-likeness (QED) is 0.236. The Morgan fingerprint density at radius 3 is 2.00 bits per heavy atom. The van der Waals surface area contributed by atoms with Crippen LogP contribution < -0.4 is 22.5 Å². The molecule has 1 aromatic heterocycles. The average molecular weight is 362 g/mol. The molecule has 142 valence electrons. The van der Waals surface area contributed by atoms with E-state index in [-0.39, 0.29) is 26.1 Å². The number of carboxylic acids is 3. The lowest BCUT2D eigenvalue weighted by molar-refractivity contribution is -0.139. The molecule has 0 unspecified atom stereocenters. The van der Waals surface area contributed by atoms with E-state index in [1.54, 1.807) is 6.20 Å². The monoisotopic (exact) mass is 362 g/mol. The fraction of sp³-hybridized carbons (Fsp3) is 0.417. The van der Waals surface area contributed by atoms with Crippen LogP contribution in [0.15, 0.2) is 12.5 Å². The summed E-state index contributed by atoms with van der Waals surface area (Å²) in [6.07, 6.45) is 3.38. The van der Waals surface area contributed by atoms with Crippen molar-refractivity contribution in [1.29, 1.82) is 0 Å². The molecule has 13 nitrogen and oxygen atoms in total. The molecule has 1 heterocycles. The van der Waals surface area contributed by atoms with Gasteiger partial charge in [-0.1, -0.05) is 0 Å². The van der Waals surface area contributed by atoms with Gasteiger partial charge in [0.1, 0.15) is 12.6 Å². The summed E-state index contributed by atoms with van der Waals surface area (Å²) in [5, 5.41) is 26.1. The van der Waals surface area contributed by atoms with Gasteiger partial charge in [-0.15, -0.1) is 0 Å². The number of hydrogen-bond acceptors (Lipinski definition) is 8. The summed E-state index contributed by atoms with van der Waals surface area (Å²) in [6.45, 7) is -0.816. The molecule has 0 saturated carbocycles. The number of H-pyrrole nitrogens is 1. The Morgan fingerprint density at radius 2 is 1.68 bits per heavy atom. The van der Waals surface area contributed by atoms with E-state index in [2.05, 4.69) is 21.0 Å². The number of carboxylic acid groups (broad SMARTS) is 3. The smallest absolute Gasteiger partial charge is 0.322 e. The van der Waals surface area contributed by atoms with Gasteiger partial charge >= 0.3 is 17.9 Å². The number of nitrogens with two attached hydrogens (primary N) is 3. The van der Waals surface area contributed by atoms with Gasteiger partial charge in [-0.05, 0) is 0 Å². The van der Waals surface area contributed by atoms with E-state index >= 15 is 0 Å². The second-order valence-electron chi connectivity index (χ2n) is 4.18. The molecule has 0 aliphatic carbocycles. The number of amides is 1. The number of aromatic nitrogens is 2. The van der Waals surface area contributed by atoms with Crippen LogP contribution in [-0.2, 0) is 25.6 Å². The number of nitrogens with one attached hydrogen (secondary N) is 2. The lowest BCUT2D eigenvalue weighted by Crippen LogP contribution is -2.34. The second kappa shape index (κ2) is 14.6. The van der Waals surface area contributed by atoms with Crippen molar-refractivity contribution < 1.29 is 34.5 Å². The van der Waals surface area contributed by atoms with E-state index in [0.29, 0.717) is 5.69 Å². The molecule has 11 N–H and O–H groups in total. The SMILES string of the molecule is NCC(=O)NCC(=O)O.NCC(=O)O.N[C@@H](Cc1c[nH]cn1)C(=O)O. The Labute approximate surface area is 142 Å². The summed E-state index contributed by atoms with van der Waals surface area (Å²) in [5.41, 5.74) is 15.3. The van der Waals surface area contributed by atoms with Gasteiger partial charge in [0.05, 0.1) is 25.1 Å². The van der Waals surface area contributed by atoms with Crippen molar-refractivity contribution in [1.82, 2.24) is 15.3 Å². The molecule has 1 amide bonds. The number of hydrogen-bond donors (Lipinski definition) is 8. The molecule has 0 spiro atoms. The van der Waals surface area contributed by atoms with Crippen LogP contribution in [0.1, 0.15) is 5.69 Å². The van der Waals surface area contributed by atoms with Crippen LogP contribution in [0.3, 0.4) is 0 Å². The Bertz CT molecular complexity index is 534. The highest BCUT2D eigenvalue weighted by molar-refractivity contribution is 5.82. The van der Waals surface area contributed by atoms with Crippen LogP contribution in [0.2, 0.25) is 0 Å². The normalized spacial score (nSPS) is 10.2. The summed E-state index contributed by atoms with van der Waals surface area (Å²) >= 11 is 0. The number of aromatic amines is 1. The van der Waals surface area contributed by atoms with Crippen molar-refractivity contribution >= 4 is 23.8 Å². The number of carbonyl (C=O) groups excluding carboxylic acids is 1. The first kappa shape index (κ1) is 24.2. The number of carbonyl (C=O) groups is 4. The molecule has 0 saturated heterocycles. The minimum atomic E-state index is -1.07. The fourth-order valence-electron chi connectivity index (χ4n) is 0.962. The van der Waals surface area contributed by atoms with Gasteiger partial charge in [-0.25, -0.2) is 4.98 Å². The molecule has 1 atom stereocenters. The molecule has 0 radical (unpaired) electrons. The number of rotatable bonds is 7. The minimum Gasteiger partial charge on any atom is -0.480 e. The Morgan fingerprint density at radius 1 is 1.12 bits per heavy atom. The molecule has 0 bridgehead atoms. The summed E-state index contributed by atoms with van der Waals surface area (Å²) in [4.78, 5) is 46.0. The predicted octanol–water partition coefficient (Wildman–Crippen LogP) is -3.46. The zero-order chi connectivity index (χ0) is 19.8. The van der Waals surface area contributed by atoms with Crippen molar-refractivity contribution in [2.45, 2.75) is 12.5 Å². The fourth-order valence-corrected chi connectivity index (χ4v) is 0.962. The third-order valence-corrected chi connectivity index (χ3v) is 2.10. The Kier molecular flexibility index (Phi) is 14.1. The first-order valence-corrected chi connectivity index (χ1v) is 6.70. The number of nitrogens with zero attached hydrogens (tertiary/aromatic N) is 1. The van der Waals surface area contributed by atoms with Gasteiger partial charge in [0, 0.05) is 12.6 Å². The third-order valence-electron chi connectivity index (χ3n) is 2.10. The molecule has 0 aliphatic heterocycles. The third kappa shape index (κ3) is 17.2. The largest absolute Gasteiger partial charge is 0.480 e. The van der Waals surface area contributed by atoms with E-state index < -0.39 is 29.9 Å². The van der Waals surface area contributed by atoms with Crippen LogP contribution >= 0.6 is 0 Å². The number of aliphatic carboxylic acids is 3. The molecular weight excluding hydrogens is 340 g/mol. The Balaban J connectivity index is 0. The van der Waals surface area contributed by atoms with E-state index in [0.717, 1.165) is 0 Å². The van der Waals surface area contributed by atoms with Crippen LogP contribution in [0.25, 0.3) is 0 Å². The molecule has 25 heavy (non-hydrogen) atoms. The first-order valence-electron chi connectivity index (χ1n) is 6.70. The lowest BCUT2D eigenvalue weighted by Gasteiger charge is -2.01. The van der Waals surface area contributed by atoms with Gasteiger partial charge in [0.25, 0.3) is 0 Å². The summed E-state index contributed by atoms with van der Waals surface area (Å²) in [5.74, 6) is -3.51. The molecule has 1 rings (SSSR count). The first-order chi connectivity index (χ1) is 11.6. The van der Waals surface area contributed by atoms with Gasteiger partial charge in [-0.2, -0.15) is 0 Å².